The molecule has 2 heterocycles. The Bertz CT molecular complexity index is 860. The molecule has 0 unspecified atom stereocenters. The van der Waals surface area contributed by atoms with Crippen molar-refractivity contribution < 1.29 is 14.2 Å². The molecular formula is C16H13ClN2O3. The molecule has 0 spiro atoms. The van der Waals surface area contributed by atoms with Crippen LogP contribution in [0.4, 0.5) is 0 Å². The van der Waals surface area contributed by atoms with Crippen molar-refractivity contribution in [1.29, 1.82) is 0 Å². The molecule has 0 atom stereocenters. The lowest BCUT2D eigenvalue weighted by Gasteiger charge is -2.09. The topological polar surface area (TPSA) is 45.5 Å². The van der Waals surface area contributed by atoms with Gasteiger partial charge in [-0.05, 0) is 35.9 Å². The Morgan fingerprint density at radius 1 is 1.18 bits per heavy atom. The maximum Gasteiger partial charge on any atom is 0.297 e. The molecule has 0 fully saturated rings. The highest BCUT2D eigenvalue weighted by Gasteiger charge is 2.16. The molecule has 1 aliphatic rings. The summed E-state index contributed by atoms with van der Waals surface area (Å²) < 4.78 is 18.1. The molecule has 6 heteroatoms. The molecule has 22 heavy (non-hydrogen) atoms. The third-order valence-corrected chi connectivity index (χ3v) is 3.87. The SMILES string of the molecule is COc1nc2ccc(Cl)cc2n1Cc1ccc2c(c1)OCO2. The fourth-order valence-electron chi connectivity index (χ4n) is 2.60. The maximum absolute atomic E-state index is 6.10. The van der Waals surface area contributed by atoms with Crippen molar-refractivity contribution in [3.8, 4) is 17.5 Å². The second-order valence-corrected chi connectivity index (χ2v) is 5.44. The average Bonchev–Trinajstić information content (AvgIpc) is 3.11. The minimum atomic E-state index is 0.270. The zero-order chi connectivity index (χ0) is 15.1. The van der Waals surface area contributed by atoms with Gasteiger partial charge in [0.15, 0.2) is 11.5 Å². The van der Waals surface area contributed by atoms with Gasteiger partial charge in [0.05, 0.1) is 24.7 Å². The molecule has 3 aromatic rings. The third-order valence-electron chi connectivity index (χ3n) is 3.64. The Hall–Kier alpha value is -2.40. The summed E-state index contributed by atoms with van der Waals surface area (Å²) in [5, 5.41) is 0.669. The van der Waals surface area contributed by atoms with Gasteiger partial charge in [0.1, 0.15) is 0 Å². The van der Waals surface area contributed by atoms with Crippen LogP contribution in [0.3, 0.4) is 0 Å². The van der Waals surface area contributed by atoms with Crippen LogP contribution >= 0.6 is 11.6 Å². The number of benzene rings is 2. The molecule has 0 saturated heterocycles. The van der Waals surface area contributed by atoms with Gasteiger partial charge in [0, 0.05) is 5.02 Å². The predicted molar refractivity (Wildman–Crippen MR) is 83.0 cm³/mol. The molecular weight excluding hydrogens is 304 g/mol. The van der Waals surface area contributed by atoms with Crippen LogP contribution in [0.15, 0.2) is 36.4 Å². The number of halogens is 1. The maximum atomic E-state index is 6.10. The van der Waals surface area contributed by atoms with E-state index in [0.717, 1.165) is 28.1 Å². The van der Waals surface area contributed by atoms with Crippen molar-refractivity contribution in [2.24, 2.45) is 0 Å². The van der Waals surface area contributed by atoms with Crippen LogP contribution in [0, 0.1) is 0 Å². The molecule has 112 valence electrons. The van der Waals surface area contributed by atoms with Crippen LogP contribution in [-0.4, -0.2) is 23.5 Å². The highest BCUT2D eigenvalue weighted by atomic mass is 35.5. The molecule has 2 aromatic carbocycles. The average molecular weight is 317 g/mol. The Kier molecular flexibility index (Phi) is 3.08. The van der Waals surface area contributed by atoms with Gasteiger partial charge in [-0.2, -0.15) is 4.98 Å². The van der Waals surface area contributed by atoms with Gasteiger partial charge < -0.3 is 14.2 Å². The van der Waals surface area contributed by atoms with E-state index in [1.807, 2.05) is 41.0 Å². The quantitative estimate of drug-likeness (QED) is 0.742. The van der Waals surface area contributed by atoms with Crippen molar-refractivity contribution >= 4 is 22.6 Å². The summed E-state index contributed by atoms with van der Waals surface area (Å²) in [6, 6.07) is 12.0. The lowest BCUT2D eigenvalue weighted by Crippen LogP contribution is -2.02. The van der Waals surface area contributed by atoms with E-state index in [2.05, 4.69) is 4.98 Å². The molecule has 0 aliphatic carbocycles. The van der Waals surface area contributed by atoms with Gasteiger partial charge in [-0.3, -0.25) is 4.57 Å². The summed E-state index contributed by atoms with van der Waals surface area (Å²) in [5.41, 5.74) is 2.85. The predicted octanol–water partition coefficient (Wildman–Crippen LogP) is 3.48. The smallest absolute Gasteiger partial charge is 0.297 e. The molecule has 0 N–H and O–H groups in total. The minimum Gasteiger partial charge on any atom is -0.468 e. The van der Waals surface area contributed by atoms with Crippen molar-refractivity contribution in [1.82, 2.24) is 9.55 Å². The molecule has 0 bridgehead atoms. The Labute approximate surface area is 132 Å². The highest BCUT2D eigenvalue weighted by molar-refractivity contribution is 6.31. The first-order valence-electron chi connectivity index (χ1n) is 6.83. The van der Waals surface area contributed by atoms with Gasteiger partial charge in [0.25, 0.3) is 6.01 Å². The lowest BCUT2D eigenvalue weighted by molar-refractivity contribution is 0.174. The summed E-state index contributed by atoms with van der Waals surface area (Å²) in [6.07, 6.45) is 0. The van der Waals surface area contributed by atoms with E-state index in [-0.39, 0.29) is 6.79 Å². The van der Waals surface area contributed by atoms with E-state index in [0.29, 0.717) is 17.6 Å². The van der Waals surface area contributed by atoms with Gasteiger partial charge in [-0.25, -0.2) is 0 Å². The highest BCUT2D eigenvalue weighted by Crippen LogP contribution is 2.33. The van der Waals surface area contributed by atoms with Crippen molar-refractivity contribution in [3.63, 3.8) is 0 Å². The number of imidazole rings is 1. The third kappa shape index (κ3) is 2.14. The molecule has 5 nitrogen and oxygen atoms in total. The fourth-order valence-corrected chi connectivity index (χ4v) is 2.77. The van der Waals surface area contributed by atoms with Crippen LogP contribution in [0.5, 0.6) is 17.5 Å². The second kappa shape index (κ2) is 5.10. The Morgan fingerprint density at radius 2 is 2.05 bits per heavy atom. The van der Waals surface area contributed by atoms with Gasteiger partial charge in [0.2, 0.25) is 6.79 Å². The number of nitrogens with zero attached hydrogens (tertiary/aromatic N) is 2. The molecule has 0 amide bonds. The number of ether oxygens (including phenoxy) is 3. The van der Waals surface area contributed by atoms with Gasteiger partial charge in [-0.15, -0.1) is 0 Å². The van der Waals surface area contributed by atoms with Crippen molar-refractivity contribution in [3.05, 3.63) is 47.0 Å². The number of aromatic nitrogens is 2. The van der Waals surface area contributed by atoms with E-state index in [1.54, 1.807) is 7.11 Å². The first-order valence-corrected chi connectivity index (χ1v) is 7.21. The lowest BCUT2D eigenvalue weighted by atomic mass is 10.2. The summed E-state index contributed by atoms with van der Waals surface area (Å²) >= 11 is 6.10. The van der Waals surface area contributed by atoms with E-state index in [4.69, 9.17) is 25.8 Å². The number of hydrogen-bond donors (Lipinski definition) is 0. The molecule has 4 rings (SSSR count). The monoisotopic (exact) mass is 316 g/mol. The van der Waals surface area contributed by atoms with Crippen LogP contribution in [-0.2, 0) is 6.54 Å². The zero-order valence-electron chi connectivity index (χ0n) is 11.9. The Morgan fingerprint density at radius 3 is 2.91 bits per heavy atom. The number of methoxy groups -OCH3 is 1. The van der Waals surface area contributed by atoms with E-state index < -0.39 is 0 Å². The second-order valence-electron chi connectivity index (χ2n) is 5.01. The Balaban J connectivity index is 1.78. The molecule has 0 saturated carbocycles. The van der Waals surface area contributed by atoms with Crippen LogP contribution < -0.4 is 14.2 Å². The minimum absolute atomic E-state index is 0.270. The molecule has 0 radical (unpaired) electrons. The fraction of sp³-hybridized carbons (Fsp3) is 0.188. The first kappa shape index (κ1) is 13.3. The van der Waals surface area contributed by atoms with E-state index in [9.17, 15) is 0 Å². The summed E-state index contributed by atoms with van der Waals surface area (Å²) in [4.78, 5) is 4.47. The number of rotatable bonds is 3. The number of fused-ring (bicyclic) bond motifs is 2. The van der Waals surface area contributed by atoms with Crippen LogP contribution in [0.2, 0.25) is 5.02 Å². The van der Waals surface area contributed by atoms with Crippen LogP contribution in [0.25, 0.3) is 11.0 Å². The number of hydrogen-bond acceptors (Lipinski definition) is 4. The largest absolute Gasteiger partial charge is 0.468 e. The van der Waals surface area contributed by atoms with Crippen molar-refractivity contribution in [2.45, 2.75) is 6.54 Å². The van der Waals surface area contributed by atoms with E-state index >= 15 is 0 Å². The van der Waals surface area contributed by atoms with Crippen LogP contribution in [0.1, 0.15) is 5.56 Å². The zero-order valence-corrected chi connectivity index (χ0v) is 12.6. The summed E-state index contributed by atoms with van der Waals surface area (Å²) in [7, 11) is 1.61. The summed E-state index contributed by atoms with van der Waals surface area (Å²) in [6.45, 7) is 0.877. The van der Waals surface area contributed by atoms with Gasteiger partial charge in [-0.1, -0.05) is 17.7 Å². The van der Waals surface area contributed by atoms with E-state index in [1.165, 1.54) is 0 Å². The normalized spacial score (nSPS) is 12.8. The standard InChI is InChI=1S/C16H13ClN2O3/c1-20-16-18-12-4-3-11(17)7-13(12)19(16)8-10-2-5-14-15(6-10)22-9-21-14/h2-7H,8-9H2,1H3. The first-order chi connectivity index (χ1) is 10.7. The molecule has 1 aliphatic heterocycles. The van der Waals surface area contributed by atoms with Gasteiger partial charge >= 0.3 is 0 Å². The summed E-state index contributed by atoms with van der Waals surface area (Å²) in [5.74, 6) is 1.54. The molecule has 1 aromatic heterocycles. The van der Waals surface area contributed by atoms with Crippen molar-refractivity contribution in [2.75, 3.05) is 13.9 Å².